The number of benzene rings is 1. The Morgan fingerprint density at radius 2 is 1.73 bits per heavy atom. The Morgan fingerprint density at radius 3 is 2.29 bits per heavy atom. The van der Waals surface area contributed by atoms with E-state index in [4.69, 9.17) is 5.73 Å². The topological polar surface area (TPSA) is 162 Å². The minimum Gasteiger partial charge on any atom is -0.507 e. The molecule has 4 N–H and O–H groups in total. The molecule has 0 bridgehead atoms. The maximum atomic E-state index is 14.2. The Morgan fingerprint density at radius 1 is 1.10 bits per heavy atom. The maximum absolute atomic E-state index is 14.2. The molecule has 3 aliphatic carbocycles. The monoisotopic (exact) mass is 568 g/mol. The number of nitrogens with two attached hydrogens (primary N) is 1. The number of likely N-dealkylation sites (tertiary alicyclic amines) is 1. The summed E-state index contributed by atoms with van der Waals surface area (Å²) in [5.74, 6) is -9.60. The van der Waals surface area contributed by atoms with Crippen LogP contribution < -0.4 is 10.6 Å². The van der Waals surface area contributed by atoms with Crippen molar-refractivity contribution in [3.63, 3.8) is 0 Å². The van der Waals surface area contributed by atoms with Crippen LogP contribution in [0.5, 0.6) is 5.75 Å². The highest BCUT2D eigenvalue weighted by Crippen LogP contribution is 2.52. The maximum Gasteiger partial charge on any atom is 0.235 e. The number of piperidine rings is 1. The third-order valence-corrected chi connectivity index (χ3v) is 9.87. The first-order valence-electron chi connectivity index (χ1n) is 14.3. The molecule has 3 fully saturated rings. The van der Waals surface area contributed by atoms with Crippen molar-refractivity contribution in [1.29, 1.82) is 0 Å². The highest BCUT2D eigenvalue weighted by atomic mass is 16.3. The number of nitrogens with zero attached hydrogens (tertiary/aromatic N) is 3. The fourth-order valence-electron chi connectivity index (χ4n) is 7.69. The van der Waals surface area contributed by atoms with Crippen LogP contribution in [0.15, 0.2) is 6.07 Å². The zero-order chi connectivity index (χ0) is 30.1. The summed E-state index contributed by atoms with van der Waals surface area (Å²) in [7, 11) is 6.85. The molecule has 1 amide bonds. The van der Waals surface area contributed by atoms with Crippen LogP contribution >= 0.6 is 0 Å². The molecule has 2 saturated carbocycles. The minimum atomic E-state index is -2.72. The van der Waals surface area contributed by atoms with E-state index in [-0.39, 0.29) is 24.2 Å². The largest absolute Gasteiger partial charge is 0.507 e. The fraction of sp³-hybridized carbons (Fsp3) is 0.633. The molecule has 0 radical (unpaired) electrons. The van der Waals surface area contributed by atoms with Crippen LogP contribution in [0.2, 0.25) is 0 Å². The predicted molar refractivity (Wildman–Crippen MR) is 149 cm³/mol. The summed E-state index contributed by atoms with van der Waals surface area (Å²) in [6.07, 6.45) is 2.36. The number of amides is 1. The van der Waals surface area contributed by atoms with Gasteiger partial charge in [-0.15, -0.1) is 0 Å². The SMILES string of the molecule is CC1CCN(Cc2cc(N(C)C)c3c(c2O)C(=O)C2C(=O)[C@]4(O)C(=O)C(C(N)=O)C(=O)[C@@H](N(C)C)[C@@H]4C[C@@H]2C3)CC1. The number of Topliss-reactive ketones (excluding diaryl/α,β-unsaturated/α-hetero) is 4. The summed E-state index contributed by atoms with van der Waals surface area (Å²) in [6.45, 7) is 4.40. The van der Waals surface area contributed by atoms with Crippen molar-refractivity contribution in [3.05, 3.63) is 22.8 Å². The number of carbonyl (C=O) groups excluding carboxylic acids is 5. The van der Waals surface area contributed by atoms with E-state index >= 15 is 0 Å². The molecule has 1 aromatic carbocycles. The van der Waals surface area contributed by atoms with Crippen molar-refractivity contribution >= 4 is 34.7 Å². The fourth-order valence-corrected chi connectivity index (χ4v) is 7.69. The molecule has 2 unspecified atom stereocenters. The molecule has 1 aliphatic heterocycles. The van der Waals surface area contributed by atoms with Crippen molar-refractivity contribution in [2.75, 3.05) is 46.2 Å². The summed E-state index contributed by atoms with van der Waals surface area (Å²) in [4.78, 5) is 72.7. The number of likely N-dealkylation sites (N-methyl/N-ethyl adjacent to an activating group) is 1. The average Bonchev–Trinajstić information content (AvgIpc) is 2.88. The molecule has 11 nitrogen and oxygen atoms in total. The Kier molecular flexibility index (Phi) is 7.36. The second-order valence-electron chi connectivity index (χ2n) is 12.9. The molecule has 41 heavy (non-hydrogen) atoms. The van der Waals surface area contributed by atoms with Gasteiger partial charge < -0.3 is 20.8 Å². The van der Waals surface area contributed by atoms with Gasteiger partial charge >= 0.3 is 0 Å². The first-order chi connectivity index (χ1) is 19.2. The Balaban J connectivity index is 1.59. The molecule has 222 valence electrons. The van der Waals surface area contributed by atoms with Crippen molar-refractivity contribution in [3.8, 4) is 5.75 Å². The highest BCUT2D eigenvalue weighted by Gasteiger charge is 2.69. The van der Waals surface area contributed by atoms with Crippen molar-refractivity contribution in [2.24, 2.45) is 35.3 Å². The molecular weight excluding hydrogens is 528 g/mol. The number of anilines is 1. The van der Waals surface area contributed by atoms with Gasteiger partial charge in [0.15, 0.2) is 34.7 Å². The minimum absolute atomic E-state index is 0.0330. The van der Waals surface area contributed by atoms with Crippen molar-refractivity contribution in [2.45, 2.75) is 50.8 Å². The van der Waals surface area contributed by atoms with E-state index in [1.165, 1.54) is 4.90 Å². The lowest BCUT2D eigenvalue weighted by Gasteiger charge is -2.52. The quantitative estimate of drug-likeness (QED) is 0.418. The Labute approximate surface area is 239 Å². The first-order valence-corrected chi connectivity index (χ1v) is 14.3. The van der Waals surface area contributed by atoms with Crippen LogP contribution in [-0.4, -0.2) is 102 Å². The number of ketones is 4. The number of rotatable bonds is 5. The van der Waals surface area contributed by atoms with Gasteiger partial charge in [-0.1, -0.05) is 6.92 Å². The van der Waals surface area contributed by atoms with Crippen LogP contribution in [0.1, 0.15) is 47.7 Å². The number of carbonyl (C=O) groups is 5. The van der Waals surface area contributed by atoms with Gasteiger partial charge in [-0.3, -0.25) is 33.8 Å². The molecule has 6 atom stereocenters. The van der Waals surface area contributed by atoms with Gasteiger partial charge in [0.25, 0.3) is 0 Å². The summed E-state index contributed by atoms with van der Waals surface area (Å²) < 4.78 is 0. The third kappa shape index (κ3) is 4.40. The van der Waals surface area contributed by atoms with E-state index in [0.717, 1.165) is 31.6 Å². The Hall–Kier alpha value is -3.15. The number of aromatic hydroxyl groups is 1. The third-order valence-electron chi connectivity index (χ3n) is 9.87. The summed E-state index contributed by atoms with van der Waals surface area (Å²) >= 11 is 0. The van der Waals surface area contributed by atoms with Gasteiger partial charge in [-0.05, 0) is 76.3 Å². The van der Waals surface area contributed by atoms with E-state index in [9.17, 15) is 34.2 Å². The van der Waals surface area contributed by atoms with Gasteiger partial charge in [-0.25, -0.2) is 0 Å². The summed E-state index contributed by atoms with van der Waals surface area (Å²) in [5.41, 5.74) is 4.66. The normalized spacial score (nSPS) is 32.5. The lowest BCUT2D eigenvalue weighted by molar-refractivity contribution is -0.181. The van der Waals surface area contributed by atoms with Crippen LogP contribution in [0.4, 0.5) is 5.69 Å². The summed E-state index contributed by atoms with van der Waals surface area (Å²) in [5, 5.41) is 23.2. The molecule has 1 saturated heterocycles. The molecule has 4 aliphatic rings. The van der Waals surface area contributed by atoms with Crippen molar-refractivity contribution < 1.29 is 34.2 Å². The van der Waals surface area contributed by atoms with E-state index in [1.54, 1.807) is 14.1 Å². The van der Waals surface area contributed by atoms with Gasteiger partial charge in [0.2, 0.25) is 5.91 Å². The molecule has 11 heteroatoms. The van der Waals surface area contributed by atoms with E-state index in [1.807, 2.05) is 25.1 Å². The number of phenols is 1. The van der Waals surface area contributed by atoms with Gasteiger partial charge in [0.1, 0.15) is 5.75 Å². The number of fused-ring (bicyclic) bond motifs is 3. The lowest BCUT2D eigenvalue weighted by Crippen LogP contribution is -2.74. The number of phenolic OH excluding ortho intramolecular Hbond substituents is 1. The smallest absolute Gasteiger partial charge is 0.235 e. The Bertz CT molecular complexity index is 1330. The molecule has 1 heterocycles. The lowest BCUT2D eigenvalue weighted by atomic mass is 9.52. The van der Waals surface area contributed by atoms with Crippen LogP contribution in [0.25, 0.3) is 0 Å². The zero-order valence-corrected chi connectivity index (χ0v) is 24.3. The molecular formula is C30H40N4O7. The van der Waals surface area contributed by atoms with Crippen molar-refractivity contribution in [1.82, 2.24) is 9.80 Å². The molecule has 0 spiro atoms. The van der Waals surface area contributed by atoms with Gasteiger partial charge in [-0.2, -0.15) is 0 Å². The number of aliphatic hydroxyl groups is 1. The number of hydrogen-bond acceptors (Lipinski definition) is 10. The van der Waals surface area contributed by atoms with Crippen LogP contribution in [-0.2, 0) is 32.1 Å². The number of primary amides is 1. The molecule has 5 rings (SSSR count). The van der Waals surface area contributed by atoms with Crippen LogP contribution in [0.3, 0.4) is 0 Å². The van der Waals surface area contributed by atoms with Gasteiger partial charge in [0, 0.05) is 37.8 Å². The standard InChI is InChI=1S/C30H40N4O7/c1-14-6-8-34(9-7-14)13-16-12-19(32(2)3)17-10-15-11-18-23(33(4)5)26(37)22(29(31)40)28(39)30(18,41)27(38)20(15)25(36)21(17)24(16)35/h12,14-15,18,20,22-23,35,41H,6-11,13H2,1-5H3,(H2,31,40)/t15-,18-,20?,22?,23-,30-/m0/s1. The zero-order valence-electron chi connectivity index (χ0n) is 24.3. The first kappa shape index (κ1) is 29.3. The van der Waals surface area contributed by atoms with E-state index in [2.05, 4.69) is 11.8 Å². The highest BCUT2D eigenvalue weighted by molar-refractivity contribution is 6.32. The van der Waals surface area contributed by atoms with E-state index in [0.29, 0.717) is 23.6 Å². The summed E-state index contributed by atoms with van der Waals surface area (Å²) in [6, 6.07) is 0.780. The van der Waals surface area contributed by atoms with Crippen LogP contribution in [0, 0.1) is 29.6 Å². The average molecular weight is 569 g/mol. The molecule has 1 aromatic rings. The second kappa shape index (κ2) is 10.3. The molecule has 0 aromatic heterocycles. The predicted octanol–water partition coefficient (Wildman–Crippen LogP) is 0.165. The second-order valence-corrected chi connectivity index (χ2v) is 12.9. The van der Waals surface area contributed by atoms with Gasteiger partial charge in [0.05, 0.1) is 17.5 Å². The number of hydrogen-bond donors (Lipinski definition) is 3. The van der Waals surface area contributed by atoms with E-state index < -0.39 is 64.4 Å².